The lowest BCUT2D eigenvalue weighted by Crippen LogP contribution is -2.39. The highest BCUT2D eigenvalue weighted by atomic mass is 35.5. The van der Waals surface area contributed by atoms with Crippen LogP contribution in [-0.2, 0) is 0 Å². The van der Waals surface area contributed by atoms with Gasteiger partial charge in [0, 0.05) is 24.8 Å². The summed E-state index contributed by atoms with van der Waals surface area (Å²) in [6.45, 7) is 8.76. The molecule has 0 amide bonds. The Morgan fingerprint density at radius 3 is 2.56 bits per heavy atom. The van der Waals surface area contributed by atoms with E-state index in [1.54, 1.807) is 6.20 Å². The van der Waals surface area contributed by atoms with Crippen LogP contribution in [0.15, 0.2) is 6.20 Å². The summed E-state index contributed by atoms with van der Waals surface area (Å²) in [6, 6.07) is 0. The van der Waals surface area contributed by atoms with E-state index >= 15 is 0 Å². The number of halogens is 1. The van der Waals surface area contributed by atoms with Gasteiger partial charge in [-0.2, -0.15) is 0 Å². The number of aryl methyl sites for hydroxylation is 1. The van der Waals surface area contributed by atoms with E-state index in [9.17, 15) is 0 Å². The number of hydrogen-bond donors (Lipinski definition) is 0. The van der Waals surface area contributed by atoms with E-state index in [0.29, 0.717) is 5.28 Å². The fourth-order valence-corrected chi connectivity index (χ4v) is 2.70. The second-order valence-electron chi connectivity index (χ2n) is 5.00. The smallest absolute Gasteiger partial charge is 0.224 e. The van der Waals surface area contributed by atoms with Crippen LogP contribution in [0.5, 0.6) is 0 Å². The van der Waals surface area contributed by atoms with Crippen molar-refractivity contribution in [2.24, 2.45) is 11.8 Å². The quantitative estimate of drug-likeness (QED) is 0.706. The summed E-state index contributed by atoms with van der Waals surface area (Å²) in [5.41, 5.74) is 1.10. The fourth-order valence-electron chi connectivity index (χ4n) is 2.57. The lowest BCUT2D eigenvalue weighted by Gasteiger charge is -2.36. The van der Waals surface area contributed by atoms with Crippen molar-refractivity contribution in [3.63, 3.8) is 0 Å². The summed E-state index contributed by atoms with van der Waals surface area (Å²) in [5.74, 6) is 2.44. The predicted molar refractivity (Wildman–Crippen MR) is 66.9 cm³/mol. The van der Waals surface area contributed by atoms with Gasteiger partial charge >= 0.3 is 0 Å². The van der Waals surface area contributed by atoms with Crippen LogP contribution >= 0.6 is 11.6 Å². The Balaban J connectivity index is 2.25. The summed E-state index contributed by atoms with van der Waals surface area (Å²) < 4.78 is 0. The summed E-state index contributed by atoms with van der Waals surface area (Å²) in [4.78, 5) is 10.7. The third-order valence-corrected chi connectivity index (χ3v) is 3.27. The summed E-state index contributed by atoms with van der Waals surface area (Å²) in [7, 11) is 0. The van der Waals surface area contributed by atoms with Crippen molar-refractivity contribution < 1.29 is 0 Å². The van der Waals surface area contributed by atoms with Gasteiger partial charge in [0.25, 0.3) is 0 Å². The Bertz CT molecular complexity index is 371. The number of piperidine rings is 1. The maximum atomic E-state index is 5.86. The molecule has 4 heteroatoms. The van der Waals surface area contributed by atoms with E-state index in [2.05, 4.69) is 28.7 Å². The Kier molecular flexibility index (Phi) is 3.33. The van der Waals surface area contributed by atoms with E-state index in [4.69, 9.17) is 11.6 Å². The Hall–Kier alpha value is -0.830. The van der Waals surface area contributed by atoms with Crippen LogP contribution in [0, 0.1) is 18.8 Å². The highest BCUT2D eigenvalue weighted by Crippen LogP contribution is 2.27. The highest BCUT2D eigenvalue weighted by Gasteiger charge is 2.23. The summed E-state index contributed by atoms with van der Waals surface area (Å²) in [6.07, 6.45) is 3.10. The van der Waals surface area contributed by atoms with Crippen LogP contribution in [0.2, 0.25) is 5.28 Å². The van der Waals surface area contributed by atoms with Gasteiger partial charge in [-0.15, -0.1) is 0 Å². The molecule has 0 spiro atoms. The molecule has 0 bridgehead atoms. The number of rotatable bonds is 1. The summed E-state index contributed by atoms with van der Waals surface area (Å²) >= 11 is 5.86. The van der Waals surface area contributed by atoms with E-state index in [1.165, 1.54) is 6.42 Å². The molecule has 1 aromatic rings. The van der Waals surface area contributed by atoms with Gasteiger partial charge in [-0.25, -0.2) is 9.97 Å². The molecule has 2 unspecified atom stereocenters. The molecule has 2 heterocycles. The summed E-state index contributed by atoms with van der Waals surface area (Å²) in [5, 5.41) is 0.339. The SMILES string of the molecule is Cc1cnc(Cl)nc1N1CC(C)CC(C)C1. The third-order valence-electron chi connectivity index (χ3n) is 3.08. The second-order valence-corrected chi connectivity index (χ2v) is 5.33. The third kappa shape index (κ3) is 2.46. The molecule has 0 radical (unpaired) electrons. The highest BCUT2D eigenvalue weighted by molar-refractivity contribution is 6.28. The topological polar surface area (TPSA) is 29.0 Å². The van der Waals surface area contributed by atoms with Gasteiger partial charge in [-0.1, -0.05) is 13.8 Å². The van der Waals surface area contributed by atoms with E-state index < -0.39 is 0 Å². The van der Waals surface area contributed by atoms with Gasteiger partial charge < -0.3 is 4.90 Å². The second kappa shape index (κ2) is 4.58. The fraction of sp³-hybridized carbons (Fsp3) is 0.667. The molecule has 16 heavy (non-hydrogen) atoms. The molecule has 88 valence electrons. The van der Waals surface area contributed by atoms with Crippen LogP contribution in [0.1, 0.15) is 25.8 Å². The van der Waals surface area contributed by atoms with Gasteiger partial charge in [0.15, 0.2) is 0 Å². The van der Waals surface area contributed by atoms with E-state index in [0.717, 1.165) is 36.3 Å². The average Bonchev–Trinajstić information content (AvgIpc) is 2.20. The molecule has 0 aromatic carbocycles. The van der Waals surface area contributed by atoms with Crippen molar-refractivity contribution in [2.45, 2.75) is 27.2 Å². The van der Waals surface area contributed by atoms with Crippen molar-refractivity contribution in [3.05, 3.63) is 17.0 Å². The van der Waals surface area contributed by atoms with Crippen LogP contribution < -0.4 is 4.90 Å². The monoisotopic (exact) mass is 239 g/mol. The van der Waals surface area contributed by atoms with Crippen LogP contribution in [-0.4, -0.2) is 23.1 Å². The van der Waals surface area contributed by atoms with Gasteiger partial charge in [-0.3, -0.25) is 0 Å². The zero-order valence-electron chi connectivity index (χ0n) is 10.1. The molecule has 0 N–H and O–H groups in total. The minimum atomic E-state index is 0.339. The van der Waals surface area contributed by atoms with Crippen LogP contribution in [0.25, 0.3) is 0 Å². The molecule has 2 rings (SSSR count). The van der Waals surface area contributed by atoms with Gasteiger partial charge in [0.1, 0.15) is 5.82 Å². The van der Waals surface area contributed by atoms with E-state index in [1.807, 2.05) is 6.92 Å². The zero-order valence-corrected chi connectivity index (χ0v) is 10.8. The normalized spacial score (nSPS) is 25.9. The van der Waals surface area contributed by atoms with Crippen molar-refractivity contribution in [3.8, 4) is 0 Å². The largest absolute Gasteiger partial charge is 0.356 e. The van der Waals surface area contributed by atoms with Crippen molar-refractivity contribution in [1.82, 2.24) is 9.97 Å². The molecule has 1 aliphatic rings. The average molecular weight is 240 g/mol. The van der Waals surface area contributed by atoms with Crippen LogP contribution in [0.3, 0.4) is 0 Å². The standard InChI is InChI=1S/C12H18ClN3/c1-8-4-9(2)7-16(6-8)11-10(3)5-14-12(13)15-11/h5,8-9H,4,6-7H2,1-3H3. The van der Waals surface area contributed by atoms with Gasteiger partial charge in [-0.05, 0) is 36.8 Å². The first kappa shape index (κ1) is 11.6. The first-order chi connectivity index (χ1) is 7.56. The van der Waals surface area contributed by atoms with Crippen molar-refractivity contribution >= 4 is 17.4 Å². The van der Waals surface area contributed by atoms with E-state index in [-0.39, 0.29) is 0 Å². The molecule has 1 aromatic heterocycles. The number of hydrogen-bond acceptors (Lipinski definition) is 3. The predicted octanol–water partition coefficient (Wildman–Crippen LogP) is 2.92. The Morgan fingerprint density at radius 1 is 1.31 bits per heavy atom. The van der Waals surface area contributed by atoms with Crippen LogP contribution in [0.4, 0.5) is 5.82 Å². The van der Waals surface area contributed by atoms with Crippen molar-refractivity contribution in [1.29, 1.82) is 0 Å². The minimum Gasteiger partial charge on any atom is -0.356 e. The molecule has 1 fully saturated rings. The molecule has 0 aliphatic carbocycles. The lowest BCUT2D eigenvalue weighted by molar-refractivity contribution is 0.355. The molecular formula is C12H18ClN3. The zero-order chi connectivity index (χ0) is 11.7. The maximum Gasteiger partial charge on any atom is 0.224 e. The lowest BCUT2D eigenvalue weighted by atomic mass is 9.92. The number of anilines is 1. The molecule has 0 saturated carbocycles. The van der Waals surface area contributed by atoms with Gasteiger partial charge in [0.05, 0.1) is 0 Å². The number of aromatic nitrogens is 2. The Morgan fingerprint density at radius 2 is 1.94 bits per heavy atom. The molecule has 1 aliphatic heterocycles. The molecule has 2 atom stereocenters. The Labute approximate surface area is 102 Å². The molecule has 1 saturated heterocycles. The van der Waals surface area contributed by atoms with Gasteiger partial charge in [0.2, 0.25) is 5.28 Å². The molecular weight excluding hydrogens is 222 g/mol. The first-order valence-electron chi connectivity index (χ1n) is 5.80. The maximum absolute atomic E-state index is 5.86. The number of nitrogens with zero attached hydrogens (tertiary/aromatic N) is 3. The minimum absolute atomic E-state index is 0.339. The van der Waals surface area contributed by atoms with Crippen molar-refractivity contribution in [2.75, 3.05) is 18.0 Å². The molecule has 3 nitrogen and oxygen atoms in total. The first-order valence-corrected chi connectivity index (χ1v) is 6.18.